The van der Waals surface area contributed by atoms with Gasteiger partial charge in [-0.1, -0.05) is 12.1 Å². The number of carbonyl (C=O) groups excluding carboxylic acids is 1. The average molecular weight is 336 g/mol. The molecule has 0 aliphatic heterocycles. The maximum absolute atomic E-state index is 12.7. The smallest absolute Gasteiger partial charge is 0.383 e. The fourth-order valence-corrected chi connectivity index (χ4v) is 2.21. The van der Waals surface area contributed by atoms with Crippen molar-refractivity contribution in [3.05, 3.63) is 59.2 Å². The molecule has 1 amide bonds. The molecule has 2 aromatic rings. The second kappa shape index (κ2) is 6.95. The van der Waals surface area contributed by atoms with Crippen LogP contribution in [0, 0.1) is 6.92 Å². The van der Waals surface area contributed by atoms with Crippen molar-refractivity contribution in [3.63, 3.8) is 0 Å². The Morgan fingerprint density at radius 3 is 2.42 bits per heavy atom. The van der Waals surface area contributed by atoms with Gasteiger partial charge in [-0.15, -0.1) is 0 Å². The number of rotatable bonds is 4. The van der Waals surface area contributed by atoms with Gasteiger partial charge in [-0.25, -0.2) is 0 Å². The Balaban J connectivity index is 2.21. The molecule has 3 nitrogen and oxygen atoms in total. The highest BCUT2D eigenvalue weighted by molar-refractivity contribution is 6.05. The van der Waals surface area contributed by atoms with Crippen LogP contribution in [-0.4, -0.2) is 11.9 Å². The summed E-state index contributed by atoms with van der Waals surface area (Å²) in [5.41, 5.74) is 1.49. The van der Waals surface area contributed by atoms with Crippen LogP contribution in [0.1, 0.15) is 35.3 Å². The second-order valence-corrected chi connectivity index (χ2v) is 5.86. The molecule has 2 aromatic carbocycles. The third-order valence-electron chi connectivity index (χ3n) is 3.39. The SMILES string of the molecule is Cc1ccc(C(=O)Nc2cccc(C(F)(F)F)c2)cc1NC(C)C. The second-order valence-electron chi connectivity index (χ2n) is 5.86. The van der Waals surface area contributed by atoms with Crippen molar-refractivity contribution in [2.24, 2.45) is 0 Å². The maximum Gasteiger partial charge on any atom is 0.416 e. The first-order valence-corrected chi connectivity index (χ1v) is 7.52. The minimum atomic E-state index is -4.45. The van der Waals surface area contributed by atoms with Gasteiger partial charge >= 0.3 is 6.18 Å². The summed E-state index contributed by atoms with van der Waals surface area (Å²) < 4.78 is 38.2. The lowest BCUT2D eigenvalue weighted by molar-refractivity contribution is -0.137. The summed E-state index contributed by atoms with van der Waals surface area (Å²) >= 11 is 0. The molecule has 0 spiro atoms. The molecule has 0 unspecified atom stereocenters. The Morgan fingerprint density at radius 1 is 1.08 bits per heavy atom. The zero-order valence-electron chi connectivity index (χ0n) is 13.7. The van der Waals surface area contributed by atoms with E-state index in [1.165, 1.54) is 12.1 Å². The first-order chi connectivity index (χ1) is 11.2. The summed E-state index contributed by atoms with van der Waals surface area (Å²) in [4.78, 5) is 12.3. The van der Waals surface area contributed by atoms with Gasteiger partial charge < -0.3 is 10.6 Å². The summed E-state index contributed by atoms with van der Waals surface area (Å²) in [6, 6.07) is 9.90. The van der Waals surface area contributed by atoms with Crippen LogP contribution in [0.25, 0.3) is 0 Å². The van der Waals surface area contributed by atoms with E-state index in [9.17, 15) is 18.0 Å². The van der Waals surface area contributed by atoms with Crippen LogP contribution in [0.15, 0.2) is 42.5 Å². The third kappa shape index (κ3) is 4.50. The van der Waals surface area contributed by atoms with Crippen LogP contribution >= 0.6 is 0 Å². The number of benzene rings is 2. The van der Waals surface area contributed by atoms with E-state index in [-0.39, 0.29) is 11.7 Å². The molecule has 0 heterocycles. The fourth-order valence-electron chi connectivity index (χ4n) is 2.21. The van der Waals surface area contributed by atoms with Crippen LogP contribution in [0.4, 0.5) is 24.5 Å². The minimum absolute atomic E-state index is 0.105. The molecule has 0 aliphatic rings. The van der Waals surface area contributed by atoms with Crippen molar-refractivity contribution >= 4 is 17.3 Å². The average Bonchev–Trinajstić information content (AvgIpc) is 2.48. The Morgan fingerprint density at radius 2 is 1.79 bits per heavy atom. The number of nitrogens with one attached hydrogen (secondary N) is 2. The van der Waals surface area contributed by atoms with Crippen molar-refractivity contribution in [2.75, 3.05) is 10.6 Å². The lowest BCUT2D eigenvalue weighted by Crippen LogP contribution is -2.15. The van der Waals surface area contributed by atoms with Crippen LogP contribution in [0.5, 0.6) is 0 Å². The normalized spacial score (nSPS) is 11.5. The molecule has 0 fully saturated rings. The van der Waals surface area contributed by atoms with E-state index in [0.29, 0.717) is 5.56 Å². The van der Waals surface area contributed by atoms with Gasteiger partial charge in [0.05, 0.1) is 5.56 Å². The molecule has 24 heavy (non-hydrogen) atoms. The Kier molecular flexibility index (Phi) is 5.17. The highest BCUT2D eigenvalue weighted by atomic mass is 19.4. The van der Waals surface area contributed by atoms with Crippen molar-refractivity contribution in [2.45, 2.75) is 33.0 Å². The highest BCUT2D eigenvalue weighted by Gasteiger charge is 2.30. The quantitative estimate of drug-likeness (QED) is 0.817. The topological polar surface area (TPSA) is 41.1 Å². The summed E-state index contributed by atoms with van der Waals surface area (Å²) in [6.45, 7) is 5.88. The van der Waals surface area contributed by atoms with Gasteiger partial charge in [0.1, 0.15) is 0 Å². The predicted molar refractivity (Wildman–Crippen MR) is 89.3 cm³/mol. The molecule has 128 valence electrons. The van der Waals surface area contributed by atoms with Gasteiger partial charge in [-0.2, -0.15) is 13.2 Å². The van der Waals surface area contributed by atoms with Crippen LogP contribution < -0.4 is 10.6 Å². The van der Waals surface area contributed by atoms with E-state index in [4.69, 9.17) is 0 Å². The molecule has 0 aromatic heterocycles. The molecule has 0 radical (unpaired) electrons. The van der Waals surface area contributed by atoms with E-state index in [0.717, 1.165) is 23.4 Å². The molecule has 2 rings (SSSR count). The number of amides is 1. The van der Waals surface area contributed by atoms with Gasteiger partial charge in [-0.05, 0) is 56.7 Å². The van der Waals surface area contributed by atoms with Gasteiger partial charge in [0.2, 0.25) is 0 Å². The molecule has 2 N–H and O–H groups in total. The van der Waals surface area contributed by atoms with Crippen LogP contribution in [-0.2, 0) is 6.18 Å². The predicted octanol–water partition coefficient (Wildman–Crippen LogP) is 5.09. The Hall–Kier alpha value is -2.50. The fraction of sp³-hybridized carbons (Fsp3) is 0.278. The van der Waals surface area contributed by atoms with Crippen molar-refractivity contribution in [3.8, 4) is 0 Å². The number of halogens is 3. The number of hydrogen-bond acceptors (Lipinski definition) is 2. The first kappa shape index (κ1) is 17.8. The molecule has 0 saturated heterocycles. The molecule has 0 atom stereocenters. The summed E-state index contributed by atoms with van der Waals surface area (Å²) in [6.07, 6.45) is -4.45. The monoisotopic (exact) mass is 336 g/mol. The molecule has 0 saturated carbocycles. The molecular weight excluding hydrogens is 317 g/mol. The Bertz CT molecular complexity index is 739. The van der Waals surface area contributed by atoms with Crippen molar-refractivity contribution in [1.29, 1.82) is 0 Å². The lowest BCUT2D eigenvalue weighted by atomic mass is 10.1. The first-order valence-electron chi connectivity index (χ1n) is 7.52. The minimum Gasteiger partial charge on any atom is -0.383 e. The third-order valence-corrected chi connectivity index (χ3v) is 3.39. The number of carbonyl (C=O) groups is 1. The number of anilines is 2. The molecular formula is C18H19F3N2O. The van der Waals surface area contributed by atoms with Gasteiger partial charge in [0.25, 0.3) is 5.91 Å². The molecule has 0 bridgehead atoms. The standard InChI is InChI=1S/C18H19F3N2O/c1-11(2)22-16-9-13(8-7-12(16)3)17(24)23-15-6-4-5-14(10-15)18(19,20)21/h4-11,22H,1-3H3,(H,23,24). The zero-order chi connectivity index (χ0) is 17.9. The van der Waals surface area contributed by atoms with Gasteiger partial charge in [0, 0.05) is 23.0 Å². The van der Waals surface area contributed by atoms with Crippen LogP contribution in [0.3, 0.4) is 0 Å². The molecule has 0 aliphatic carbocycles. The summed E-state index contributed by atoms with van der Waals surface area (Å²) in [5, 5.41) is 5.74. The van der Waals surface area contributed by atoms with Crippen molar-refractivity contribution < 1.29 is 18.0 Å². The van der Waals surface area contributed by atoms with Crippen molar-refractivity contribution in [1.82, 2.24) is 0 Å². The highest BCUT2D eigenvalue weighted by Crippen LogP contribution is 2.30. The summed E-state index contributed by atoms with van der Waals surface area (Å²) in [7, 11) is 0. The number of aryl methyl sites for hydroxylation is 1. The van der Waals surface area contributed by atoms with E-state index in [1.54, 1.807) is 18.2 Å². The number of alkyl halides is 3. The van der Waals surface area contributed by atoms with E-state index < -0.39 is 17.6 Å². The number of hydrogen-bond donors (Lipinski definition) is 2. The molecule has 6 heteroatoms. The summed E-state index contributed by atoms with van der Waals surface area (Å²) in [5.74, 6) is -0.457. The van der Waals surface area contributed by atoms with Gasteiger partial charge in [-0.3, -0.25) is 4.79 Å². The maximum atomic E-state index is 12.7. The Labute approximate surface area is 138 Å². The van der Waals surface area contributed by atoms with E-state index in [1.807, 2.05) is 20.8 Å². The lowest BCUT2D eigenvalue weighted by Gasteiger charge is -2.14. The zero-order valence-corrected chi connectivity index (χ0v) is 13.7. The van der Waals surface area contributed by atoms with Gasteiger partial charge in [0.15, 0.2) is 0 Å². The van der Waals surface area contributed by atoms with E-state index in [2.05, 4.69) is 10.6 Å². The van der Waals surface area contributed by atoms with Crippen LogP contribution in [0.2, 0.25) is 0 Å². The van der Waals surface area contributed by atoms with E-state index >= 15 is 0 Å². The largest absolute Gasteiger partial charge is 0.416 e.